The van der Waals surface area contributed by atoms with Crippen LogP contribution in [0.1, 0.15) is 5.56 Å². The van der Waals surface area contributed by atoms with Gasteiger partial charge in [0.1, 0.15) is 5.92 Å². The van der Waals surface area contributed by atoms with Gasteiger partial charge in [-0.2, -0.15) is 13.2 Å². The van der Waals surface area contributed by atoms with Gasteiger partial charge in [0.2, 0.25) is 0 Å². The number of halogens is 3. The summed E-state index contributed by atoms with van der Waals surface area (Å²) in [4.78, 5) is 0. The Morgan fingerprint density at radius 2 is 1.94 bits per heavy atom. The van der Waals surface area contributed by atoms with Crippen LogP contribution in [0.5, 0.6) is 0 Å². The van der Waals surface area contributed by atoms with E-state index < -0.39 is 24.5 Å². The molecule has 0 heterocycles. The topological polar surface area (TPSA) is 70.6 Å². The van der Waals surface area contributed by atoms with Gasteiger partial charge in [-0.05, 0) is 19.1 Å². The smallest absolute Gasteiger partial charge is 0.400 e. The summed E-state index contributed by atoms with van der Waals surface area (Å²) >= 11 is 0. The lowest BCUT2D eigenvalue weighted by Gasteiger charge is -2.19. The lowest BCUT2D eigenvalue weighted by Crippen LogP contribution is -2.40. The highest BCUT2D eigenvalue weighted by Gasteiger charge is 2.42. The minimum absolute atomic E-state index is 0.484. The third-order valence-electron chi connectivity index (χ3n) is 2.43. The molecular formula is C11H14F3N3O. The maximum absolute atomic E-state index is 12.6. The standard InChI is InChI=1S/C11H14F3N3O/c1-7-2-4-8(5-3-7)16-6-9(10(15)17-18)11(12,13)14/h2-5,9,16,18H,6H2,1H3,(H2,15,17). The van der Waals surface area contributed by atoms with Crippen LogP contribution in [-0.4, -0.2) is 23.8 Å². The van der Waals surface area contributed by atoms with Crippen LogP contribution in [0.2, 0.25) is 0 Å². The molecule has 4 N–H and O–H groups in total. The van der Waals surface area contributed by atoms with Crippen LogP contribution in [0.3, 0.4) is 0 Å². The predicted molar refractivity (Wildman–Crippen MR) is 62.6 cm³/mol. The first-order valence-electron chi connectivity index (χ1n) is 5.19. The third kappa shape index (κ3) is 3.83. The molecule has 0 spiro atoms. The lowest BCUT2D eigenvalue weighted by atomic mass is 10.1. The van der Waals surface area contributed by atoms with Crippen LogP contribution in [0.15, 0.2) is 29.4 Å². The van der Waals surface area contributed by atoms with Gasteiger partial charge in [0.05, 0.1) is 0 Å². The molecule has 0 aromatic heterocycles. The van der Waals surface area contributed by atoms with Gasteiger partial charge in [-0.3, -0.25) is 0 Å². The monoisotopic (exact) mass is 261 g/mol. The van der Waals surface area contributed by atoms with E-state index in [9.17, 15) is 13.2 Å². The Morgan fingerprint density at radius 3 is 2.39 bits per heavy atom. The minimum atomic E-state index is -4.56. The molecule has 18 heavy (non-hydrogen) atoms. The van der Waals surface area contributed by atoms with Crippen molar-refractivity contribution in [2.45, 2.75) is 13.1 Å². The van der Waals surface area contributed by atoms with E-state index in [4.69, 9.17) is 10.9 Å². The molecular weight excluding hydrogens is 247 g/mol. The molecule has 0 fully saturated rings. The Balaban J connectivity index is 2.71. The average molecular weight is 261 g/mol. The summed E-state index contributed by atoms with van der Waals surface area (Å²) in [5, 5.41) is 13.4. The maximum atomic E-state index is 12.6. The first-order valence-corrected chi connectivity index (χ1v) is 5.19. The summed E-state index contributed by atoms with van der Waals surface area (Å²) in [6.45, 7) is 1.39. The number of nitrogens with zero attached hydrogens (tertiary/aromatic N) is 1. The van der Waals surface area contributed by atoms with E-state index in [1.807, 2.05) is 6.92 Å². The molecule has 0 amide bonds. The second-order valence-electron chi connectivity index (χ2n) is 3.87. The van der Waals surface area contributed by atoms with E-state index >= 15 is 0 Å². The van der Waals surface area contributed by atoms with Gasteiger partial charge < -0.3 is 16.3 Å². The molecule has 1 rings (SSSR count). The molecule has 1 aromatic rings. The average Bonchev–Trinajstić information content (AvgIpc) is 2.29. The molecule has 0 aliphatic heterocycles. The van der Waals surface area contributed by atoms with E-state index in [-0.39, 0.29) is 0 Å². The number of alkyl halides is 3. The van der Waals surface area contributed by atoms with Gasteiger partial charge in [-0.1, -0.05) is 22.9 Å². The number of nitrogens with one attached hydrogen (secondary N) is 1. The second kappa shape index (κ2) is 5.61. The van der Waals surface area contributed by atoms with E-state index in [2.05, 4.69) is 10.5 Å². The van der Waals surface area contributed by atoms with Crippen LogP contribution in [0.4, 0.5) is 18.9 Å². The van der Waals surface area contributed by atoms with Crippen molar-refractivity contribution in [3.8, 4) is 0 Å². The van der Waals surface area contributed by atoms with E-state index in [1.165, 1.54) is 0 Å². The number of rotatable bonds is 4. The first-order chi connectivity index (χ1) is 8.34. The van der Waals surface area contributed by atoms with Crippen molar-refractivity contribution in [3.63, 3.8) is 0 Å². The Bertz CT molecular complexity index is 415. The third-order valence-corrected chi connectivity index (χ3v) is 2.43. The molecule has 100 valence electrons. The summed E-state index contributed by atoms with van der Waals surface area (Å²) in [5.41, 5.74) is 6.58. The molecule has 7 heteroatoms. The molecule has 0 saturated heterocycles. The number of hydrogen-bond donors (Lipinski definition) is 3. The zero-order chi connectivity index (χ0) is 13.8. The van der Waals surface area contributed by atoms with Gasteiger partial charge in [-0.25, -0.2) is 0 Å². The van der Waals surface area contributed by atoms with Gasteiger partial charge in [0.25, 0.3) is 0 Å². The van der Waals surface area contributed by atoms with Crippen LogP contribution in [-0.2, 0) is 0 Å². The number of nitrogens with two attached hydrogens (primary N) is 1. The number of amidine groups is 1. The molecule has 1 aromatic carbocycles. The molecule has 1 atom stereocenters. The molecule has 1 unspecified atom stereocenters. The van der Waals surface area contributed by atoms with Crippen molar-refractivity contribution < 1.29 is 18.4 Å². The van der Waals surface area contributed by atoms with Crippen molar-refractivity contribution in [3.05, 3.63) is 29.8 Å². The fraction of sp³-hybridized carbons (Fsp3) is 0.364. The van der Waals surface area contributed by atoms with Crippen LogP contribution in [0.25, 0.3) is 0 Å². The normalized spacial score (nSPS) is 14.3. The molecule has 0 radical (unpaired) electrons. The van der Waals surface area contributed by atoms with Crippen molar-refractivity contribution in [2.24, 2.45) is 16.8 Å². The number of hydrogen-bond acceptors (Lipinski definition) is 3. The highest BCUT2D eigenvalue weighted by Crippen LogP contribution is 2.26. The highest BCUT2D eigenvalue weighted by atomic mass is 19.4. The summed E-state index contributed by atoms with van der Waals surface area (Å²) in [6.07, 6.45) is -4.56. The minimum Gasteiger partial charge on any atom is -0.409 e. The first kappa shape index (κ1) is 14.1. The van der Waals surface area contributed by atoms with Crippen molar-refractivity contribution in [1.82, 2.24) is 0 Å². The van der Waals surface area contributed by atoms with E-state index in [0.29, 0.717) is 5.69 Å². The Kier molecular flexibility index (Phi) is 4.41. The highest BCUT2D eigenvalue weighted by molar-refractivity contribution is 5.83. The van der Waals surface area contributed by atoms with E-state index in [1.54, 1.807) is 24.3 Å². The fourth-order valence-electron chi connectivity index (χ4n) is 1.35. The Morgan fingerprint density at radius 1 is 1.39 bits per heavy atom. The van der Waals surface area contributed by atoms with Crippen LogP contribution in [0, 0.1) is 12.8 Å². The summed E-state index contributed by atoms with van der Waals surface area (Å²) in [5.74, 6) is -2.88. The molecule has 0 aliphatic carbocycles. The molecule has 4 nitrogen and oxygen atoms in total. The largest absolute Gasteiger partial charge is 0.409 e. The lowest BCUT2D eigenvalue weighted by molar-refractivity contribution is -0.152. The van der Waals surface area contributed by atoms with Crippen molar-refractivity contribution in [1.29, 1.82) is 0 Å². The Labute approximate surface area is 102 Å². The van der Waals surface area contributed by atoms with Crippen molar-refractivity contribution >= 4 is 11.5 Å². The molecule has 0 saturated carbocycles. The second-order valence-corrected chi connectivity index (χ2v) is 3.87. The van der Waals surface area contributed by atoms with Crippen LogP contribution < -0.4 is 11.1 Å². The molecule has 0 bridgehead atoms. The number of oxime groups is 1. The number of anilines is 1. The van der Waals surface area contributed by atoms with Gasteiger partial charge >= 0.3 is 6.18 Å². The zero-order valence-corrected chi connectivity index (χ0v) is 9.70. The summed E-state index contributed by atoms with van der Waals surface area (Å²) in [7, 11) is 0. The summed E-state index contributed by atoms with van der Waals surface area (Å²) in [6, 6.07) is 6.87. The predicted octanol–water partition coefficient (Wildman–Crippen LogP) is 2.33. The maximum Gasteiger partial charge on any atom is 0.400 e. The molecule has 0 aliphatic rings. The fourth-order valence-corrected chi connectivity index (χ4v) is 1.35. The van der Waals surface area contributed by atoms with Crippen LogP contribution >= 0.6 is 0 Å². The summed E-state index contributed by atoms with van der Waals surface area (Å²) < 4.78 is 37.8. The van der Waals surface area contributed by atoms with Gasteiger partial charge in [0, 0.05) is 12.2 Å². The van der Waals surface area contributed by atoms with Crippen molar-refractivity contribution in [2.75, 3.05) is 11.9 Å². The SMILES string of the molecule is Cc1ccc(NCC(/C(N)=N/O)C(F)(F)F)cc1. The zero-order valence-electron chi connectivity index (χ0n) is 9.70. The Hall–Kier alpha value is -1.92. The quantitative estimate of drug-likeness (QED) is 0.337. The van der Waals surface area contributed by atoms with E-state index in [0.717, 1.165) is 5.56 Å². The number of aryl methyl sites for hydroxylation is 1. The van der Waals surface area contributed by atoms with Gasteiger partial charge in [-0.15, -0.1) is 0 Å². The number of benzene rings is 1. The van der Waals surface area contributed by atoms with Gasteiger partial charge in [0.15, 0.2) is 5.84 Å².